The molecule has 0 atom stereocenters. The zero-order valence-corrected chi connectivity index (χ0v) is 11.9. The van der Waals surface area contributed by atoms with Crippen molar-refractivity contribution in [2.45, 2.75) is 44.6 Å². The van der Waals surface area contributed by atoms with E-state index >= 15 is 0 Å². The van der Waals surface area contributed by atoms with Gasteiger partial charge < -0.3 is 10.2 Å². The summed E-state index contributed by atoms with van der Waals surface area (Å²) < 4.78 is 0. The van der Waals surface area contributed by atoms with Crippen molar-refractivity contribution in [2.75, 3.05) is 26.2 Å². The van der Waals surface area contributed by atoms with Crippen LogP contribution in [0.15, 0.2) is 24.3 Å². The van der Waals surface area contributed by atoms with Crippen LogP contribution >= 0.6 is 0 Å². The van der Waals surface area contributed by atoms with Crippen LogP contribution in [0.4, 0.5) is 0 Å². The molecule has 0 saturated carbocycles. The van der Waals surface area contributed by atoms with Crippen LogP contribution in [0.3, 0.4) is 0 Å². The lowest BCUT2D eigenvalue weighted by molar-refractivity contribution is 0.279. The van der Waals surface area contributed by atoms with Crippen molar-refractivity contribution in [1.29, 1.82) is 0 Å². The third-order valence-electron chi connectivity index (χ3n) is 4.61. The summed E-state index contributed by atoms with van der Waals surface area (Å²) >= 11 is 0. The molecule has 1 fully saturated rings. The monoisotopic (exact) mass is 258 g/mol. The highest BCUT2D eigenvalue weighted by Gasteiger charge is 2.20. The molecule has 1 N–H and O–H groups in total. The SMILES string of the molecule is c1ccc2c(c1)CC(NCCN1CCCCCC1)C2. The Bertz CT molecular complexity index is 369. The van der Waals surface area contributed by atoms with Gasteiger partial charge in [-0.25, -0.2) is 0 Å². The standard InChI is InChI=1S/C17H26N2/c1-2-6-11-19(10-5-1)12-9-18-17-13-15-7-3-4-8-16(15)14-17/h3-4,7-8,17-18H,1-2,5-6,9-14H2. The largest absolute Gasteiger partial charge is 0.312 e. The van der Waals surface area contributed by atoms with Gasteiger partial charge in [0.15, 0.2) is 0 Å². The Morgan fingerprint density at radius 2 is 1.58 bits per heavy atom. The molecule has 2 nitrogen and oxygen atoms in total. The topological polar surface area (TPSA) is 15.3 Å². The maximum atomic E-state index is 3.75. The fourth-order valence-corrected chi connectivity index (χ4v) is 3.49. The van der Waals surface area contributed by atoms with Crippen LogP contribution in [-0.2, 0) is 12.8 Å². The van der Waals surface area contributed by atoms with E-state index in [0.29, 0.717) is 6.04 Å². The van der Waals surface area contributed by atoms with Crippen LogP contribution in [-0.4, -0.2) is 37.1 Å². The summed E-state index contributed by atoms with van der Waals surface area (Å²) in [6.45, 7) is 5.00. The molecule has 2 aliphatic rings. The fraction of sp³-hybridized carbons (Fsp3) is 0.647. The number of likely N-dealkylation sites (tertiary alicyclic amines) is 1. The summed E-state index contributed by atoms with van der Waals surface area (Å²) in [6, 6.07) is 9.57. The number of hydrogen-bond acceptors (Lipinski definition) is 2. The van der Waals surface area contributed by atoms with Crippen LogP contribution < -0.4 is 5.32 Å². The summed E-state index contributed by atoms with van der Waals surface area (Å²) in [5, 5.41) is 3.75. The van der Waals surface area contributed by atoms with Gasteiger partial charge in [0.1, 0.15) is 0 Å². The molecule has 0 radical (unpaired) electrons. The Balaban J connectivity index is 1.39. The number of nitrogens with zero attached hydrogens (tertiary/aromatic N) is 1. The highest BCUT2D eigenvalue weighted by atomic mass is 15.1. The fourth-order valence-electron chi connectivity index (χ4n) is 3.49. The predicted molar refractivity (Wildman–Crippen MR) is 80.5 cm³/mol. The van der Waals surface area contributed by atoms with Gasteiger partial charge in [-0.15, -0.1) is 0 Å². The number of hydrogen-bond donors (Lipinski definition) is 1. The van der Waals surface area contributed by atoms with E-state index in [2.05, 4.69) is 34.5 Å². The molecule has 0 aromatic heterocycles. The molecule has 0 bridgehead atoms. The molecule has 1 saturated heterocycles. The summed E-state index contributed by atoms with van der Waals surface area (Å²) in [5.74, 6) is 0. The van der Waals surface area contributed by atoms with Gasteiger partial charge in [0.05, 0.1) is 0 Å². The van der Waals surface area contributed by atoms with Crippen molar-refractivity contribution in [2.24, 2.45) is 0 Å². The maximum Gasteiger partial charge on any atom is 0.0149 e. The second kappa shape index (κ2) is 6.53. The molecule has 0 unspecified atom stereocenters. The maximum absolute atomic E-state index is 3.75. The van der Waals surface area contributed by atoms with Crippen LogP contribution in [0.2, 0.25) is 0 Å². The average Bonchev–Trinajstić information content (AvgIpc) is 2.66. The van der Waals surface area contributed by atoms with E-state index in [9.17, 15) is 0 Å². The number of rotatable bonds is 4. The lowest BCUT2D eigenvalue weighted by Crippen LogP contribution is -2.38. The Morgan fingerprint density at radius 1 is 0.947 bits per heavy atom. The van der Waals surface area contributed by atoms with E-state index in [4.69, 9.17) is 0 Å². The van der Waals surface area contributed by atoms with Gasteiger partial charge in [-0.2, -0.15) is 0 Å². The minimum atomic E-state index is 0.671. The molecule has 0 spiro atoms. The zero-order chi connectivity index (χ0) is 12.9. The molecule has 1 aliphatic heterocycles. The summed E-state index contributed by atoms with van der Waals surface area (Å²) in [5.41, 5.74) is 3.10. The van der Waals surface area contributed by atoms with Crippen molar-refractivity contribution < 1.29 is 0 Å². The average molecular weight is 258 g/mol. The minimum absolute atomic E-state index is 0.671. The van der Waals surface area contributed by atoms with E-state index in [0.717, 1.165) is 6.54 Å². The number of nitrogens with one attached hydrogen (secondary N) is 1. The Morgan fingerprint density at radius 3 is 2.21 bits per heavy atom. The summed E-state index contributed by atoms with van der Waals surface area (Å²) in [6.07, 6.45) is 8.10. The van der Waals surface area contributed by atoms with Gasteiger partial charge in [0.25, 0.3) is 0 Å². The number of benzene rings is 1. The quantitative estimate of drug-likeness (QED) is 0.893. The molecular weight excluding hydrogens is 232 g/mol. The zero-order valence-electron chi connectivity index (χ0n) is 11.9. The Labute approximate surface area is 117 Å². The molecule has 0 amide bonds. The second-order valence-electron chi connectivity index (χ2n) is 6.08. The van der Waals surface area contributed by atoms with Gasteiger partial charge in [-0.3, -0.25) is 0 Å². The second-order valence-corrected chi connectivity index (χ2v) is 6.08. The first kappa shape index (κ1) is 13.1. The minimum Gasteiger partial charge on any atom is -0.312 e. The van der Waals surface area contributed by atoms with Crippen LogP contribution in [0.5, 0.6) is 0 Å². The highest BCUT2D eigenvalue weighted by Crippen LogP contribution is 2.21. The van der Waals surface area contributed by atoms with Gasteiger partial charge in [-0.1, -0.05) is 37.1 Å². The Hall–Kier alpha value is -0.860. The molecule has 1 aromatic rings. The smallest absolute Gasteiger partial charge is 0.0149 e. The van der Waals surface area contributed by atoms with Crippen molar-refractivity contribution in [3.05, 3.63) is 35.4 Å². The molecule has 2 heteroatoms. The van der Waals surface area contributed by atoms with Crippen LogP contribution in [0, 0.1) is 0 Å². The molecule has 1 heterocycles. The third kappa shape index (κ3) is 3.58. The van der Waals surface area contributed by atoms with Crippen molar-refractivity contribution in [3.63, 3.8) is 0 Å². The van der Waals surface area contributed by atoms with E-state index in [1.165, 1.54) is 58.2 Å². The van der Waals surface area contributed by atoms with Gasteiger partial charge in [-0.05, 0) is 49.9 Å². The lowest BCUT2D eigenvalue weighted by Gasteiger charge is -2.21. The molecule has 1 aromatic carbocycles. The van der Waals surface area contributed by atoms with Crippen LogP contribution in [0.25, 0.3) is 0 Å². The summed E-state index contributed by atoms with van der Waals surface area (Å²) in [7, 11) is 0. The van der Waals surface area contributed by atoms with Crippen molar-refractivity contribution in [3.8, 4) is 0 Å². The van der Waals surface area contributed by atoms with Gasteiger partial charge >= 0.3 is 0 Å². The predicted octanol–water partition coefficient (Wildman–Crippen LogP) is 2.62. The molecular formula is C17H26N2. The molecule has 19 heavy (non-hydrogen) atoms. The number of fused-ring (bicyclic) bond motifs is 1. The normalized spacial score (nSPS) is 21.3. The highest BCUT2D eigenvalue weighted by molar-refractivity contribution is 5.33. The van der Waals surface area contributed by atoms with E-state index in [1.54, 1.807) is 11.1 Å². The van der Waals surface area contributed by atoms with E-state index < -0.39 is 0 Å². The first-order valence-electron chi connectivity index (χ1n) is 7.94. The summed E-state index contributed by atoms with van der Waals surface area (Å²) in [4.78, 5) is 2.64. The first-order chi connectivity index (χ1) is 9.42. The van der Waals surface area contributed by atoms with Crippen molar-refractivity contribution in [1.82, 2.24) is 10.2 Å². The first-order valence-corrected chi connectivity index (χ1v) is 7.94. The molecule has 1 aliphatic carbocycles. The van der Waals surface area contributed by atoms with Gasteiger partial charge in [0.2, 0.25) is 0 Å². The molecule has 104 valence electrons. The van der Waals surface area contributed by atoms with E-state index in [1.807, 2.05) is 0 Å². The van der Waals surface area contributed by atoms with Crippen LogP contribution in [0.1, 0.15) is 36.8 Å². The third-order valence-corrected chi connectivity index (χ3v) is 4.61. The molecule has 3 rings (SSSR count). The van der Waals surface area contributed by atoms with E-state index in [-0.39, 0.29) is 0 Å². The Kier molecular flexibility index (Phi) is 4.52. The van der Waals surface area contributed by atoms with Gasteiger partial charge in [0, 0.05) is 19.1 Å². The van der Waals surface area contributed by atoms with Crippen molar-refractivity contribution >= 4 is 0 Å². The lowest BCUT2D eigenvalue weighted by atomic mass is 10.1.